The van der Waals surface area contributed by atoms with Gasteiger partial charge >= 0.3 is 12.0 Å². The molecule has 1 aliphatic rings. The van der Waals surface area contributed by atoms with Crippen molar-refractivity contribution in [1.82, 2.24) is 4.90 Å². The number of carbonyl (C=O) groups excluding carboxylic acids is 2. The van der Waals surface area contributed by atoms with E-state index in [1.165, 1.54) is 31.4 Å². The number of nitrogens with one attached hydrogen (secondary N) is 1. The molecular weight excluding hydrogens is 263 g/mol. The Balaban J connectivity index is 1.85. The highest BCUT2D eigenvalue weighted by Crippen LogP contribution is 2.19. The Labute approximate surface area is 116 Å². The van der Waals surface area contributed by atoms with Gasteiger partial charge in [0.25, 0.3) is 0 Å². The minimum absolute atomic E-state index is 0.130. The van der Waals surface area contributed by atoms with Crippen molar-refractivity contribution in [2.75, 3.05) is 25.5 Å². The number of ether oxygens (including phenoxy) is 1. The van der Waals surface area contributed by atoms with Gasteiger partial charge in [-0.05, 0) is 37.1 Å². The number of hydrogen-bond acceptors (Lipinski definition) is 3. The average Bonchev–Trinajstić information content (AvgIpc) is 2.49. The van der Waals surface area contributed by atoms with Gasteiger partial charge in [0.05, 0.1) is 13.0 Å². The first-order chi connectivity index (χ1) is 9.60. The van der Waals surface area contributed by atoms with Gasteiger partial charge in [-0.3, -0.25) is 4.79 Å². The minimum atomic E-state index is -0.345. The Kier molecular flexibility index (Phi) is 4.55. The summed E-state index contributed by atoms with van der Waals surface area (Å²) in [5, 5.41) is 2.70. The van der Waals surface area contributed by atoms with E-state index in [-0.39, 0.29) is 23.7 Å². The summed E-state index contributed by atoms with van der Waals surface area (Å²) in [7, 11) is 1.37. The van der Waals surface area contributed by atoms with E-state index in [9.17, 15) is 14.0 Å². The van der Waals surface area contributed by atoms with Crippen LogP contribution in [0.3, 0.4) is 0 Å². The third-order valence-electron chi connectivity index (χ3n) is 3.41. The van der Waals surface area contributed by atoms with Crippen LogP contribution in [0.1, 0.15) is 12.8 Å². The normalized spacial score (nSPS) is 15.8. The first-order valence-corrected chi connectivity index (χ1v) is 6.49. The predicted octanol–water partition coefficient (Wildman–Crippen LogP) is 2.24. The highest BCUT2D eigenvalue weighted by atomic mass is 19.1. The number of amides is 2. The van der Waals surface area contributed by atoms with Crippen LogP contribution in [0.15, 0.2) is 24.3 Å². The Morgan fingerprint density at radius 1 is 1.25 bits per heavy atom. The molecule has 1 fully saturated rings. The van der Waals surface area contributed by atoms with Crippen molar-refractivity contribution >= 4 is 17.7 Å². The molecule has 0 bridgehead atoms. The lowest BCUT2D eigenvalue weighted by Crippen LogP contribution is -2.42. The fraction of sp³-hybridized carbons (Fsp3) is 0.429. The number of carbonyl (C=O) groups is 2. The van der Waals surface area contributed by atoms with E-state index in [2.05, 4.69) is 5.32 Å². The van der Waals surface area contributed by atoms with Gasteiger partial charge in [0.15, 0.2) is 0 Å². The lowest BCUT2D eigenvalue weighted by molar-refractivity contribution is -0.146. The standard InChI is InChI=1S/C14H17FN2O3/c1-20-13(18)10-6-8-17(9-7-10)14(19)16-12-4-2-11(15)3-5-12/h2-5,10H,6-9H2,1H3,(H,16,19). The van der Waals surface area contributed by atoms with Gasteiger partial charge < -0.3 is 15.0 Å². The third kappa shape index (κ3) is 3.46. The summed E-state index contributed by atoms with van der Waals surface area (Å²) in [5.74, 6) is -0.694. The number of benzene rings is 1. The van der Waals surface area contributed by atoms with Crippen LogP contribution < -0.4 is 5.32 Å². The Hall–Kier alpha value is -2.11. The molecule has 0 aliphatic carbocycles. The number of urea groups is 1. The summed E-state index contributed by atoms with van der Waals surface area (Å²) in [5.41, 5.74) is 0.548. The smallest absolute Gasteiger partial charge is 0.321 e. The molecular formula is C14H17FN2O3. The maximum Gasteiger partial charge on any atom is 0.321 e. The highest BCUT2D eigenvalue weighted by Gasteiger charge is 2.27. The SMILES string of the molecule is COC(=O)C1CCN(C(=O)Nc2ccc(F)cc2)CC1. The lowest BCUT2D eigenvalue weighted by atomic mass is 9.97. The number of piperidine rings is 1. The van der Waals surface area contributed by atoms with Crippen molar-refractivity contribution < 1.29 is 18.7 Å². The van der Waals surface area contributed by atoms with E-state index in [0.29, 0.717) is 31.6 Å². The quantitative estimate of drug-likeness (QED) is 0.845. The fourth-order valence-corrected chi connectivity index (χ4v) is 2.22. The van der Waals surface area contributed by atoms with Crippen LogP contribution in [-0.2, 0) is 9.53 Å². The van der Waals surface area contributed by atoms with E-state index in [1.54, 1.807) is 4.90 Å². The second-order valence-electron chi connectivity index (χ2n) is 4.72. The third-order valence-corrected chi connectivity index (χ3v) is 3.41. The molecule has 0 aromatic heterocycles. The van der Waals surface area contributed by atoms with Gasteiger partial charge in [0.2, 0.25) is 0 Å². The van der Waals surface area contributed by atoms with E-state index in [1.807, 2.05) is 0 Å². The molecule has 1 aliphatic heterocycles. The van der Waals surface area contributed by atoms with Crippen molar-refractivity contribution in [1.29, 1.82) is 0 Å². The molecule has 0 saturated carbocycles. The first-order valence-electron chi connectivity index (χ1n) is 6.49. The molecule has 0 radical (unpaired) electrons. The zero-order valence-electron chi connectivity index (χ0n) is 11.3. The molecule has 0 unspecified atom stereocenters. The van der Waals surface area contributed by atoms with Crippen LogP contribution in [0.2, 0.25) is 0 Å². The number of methoxy groups -OCH3 is 1. The molecule has 1 aromatic carbocycles. The molecule has 20 heavy (non-hydrogen) atoms. The zero-order valence-corrected chi connectivity index (χ0v) is 11.3. The summed E-state index contributed by atoms with van der Waals surface area (Å²) < 4.78 is 17.5. The summed E-state index contributed by atoms with van der Waals surface area (Å²) in [4.78, 5) is 25.0. The number of likely N-dealkylation sites (tertiary alicyclic amines) is 1. The highest BCUT2D eigenvalue weighted by molar-refractivity contribution is 5.89. The van der Waals surface area contributed by atoms with Crippen molar-refractivity contribution in [3.05, 3.63) is 30.1 Å². The molecule has 2 rings (SSSR count). The largest absolute Gasteiger partial charge is 0.469 e. The van der Waals surface area contributed by atoms with Crippen LogP contribution in [0.5, 0.6) is 0 Å². The molecule has 1 N–H and O–H groups in total. The molecule has 1 heterocycles. The number of rotatable bonds is 2. The number of esters is 1. The van der Waals surface area contributed by atoms with Gasteiger partial charge in [-0.25, -0.2) is 9.18 Å². The molecule has 5 nitrogen and oxygen atoms in total. The first kappa shape index (κ1) is 14.3. The summed E-state index contributed by atoms with van der Waals surface area (Å²) in [6.45, 7) is 1.01. The van der Waals surface area contributed by atoms with Gasteiger partial charge in [-0.15, -0.1) is 0 Å². The van der Waals surface area contributed by atoms with Crippen LogP contribution >= 0.6 is 0 Å². The Morgan fingerprint density at radius 2 is 1.85 bits per heavy atom. The number of hydrogen-bond donors (Lipinski definition) is 1. The molecule has 0 spiro atoms. The Morgan fingerprint density at radius 3 is 2.40 bits per heavy atom. The number of halogens is 1. The molecule has 6 heteroatoms. The summed E-state index contributed by atoms with van der Waals surface area (Å²) in [6, 6.07) is 5.36. The summed E-state index contributed by atoms with van der Waals surface area (Å²) in [6.07, 6.45) is 1.20. The van der Waals surface area contributed by atoms with E-state index in [0.717, 1.165) is 0 Å². The minimum Gasteiger partial charge on any atom is -0.469 e. The van der Waals surface area contributed by atoms with Gasteiger partial charge in [-0.2, -0.15) is 0 Å². The molecule has 1 aromatic rings. The number of anilines is 1. The van der Waals surface area contributed by atoms with Crippen LogP contribution in [0.4, 0.5) is 14.9 Å². The second kappa shape index (κ2) is 6.36. The van der Waals surface area contributed by atoms with Crippen LogP contribution in [-0.4, -0.2) is 37.1 Å². The van der Waals surface area contributed by atoms with E-state index in [4.69, 9.17) is 4.74 Å². The zero-order chi connectivity index (χ0) is 14.5. The number of nitrogens with zero attached hydrogens (tertiary/aromatic N) is 1. The van der Waals surface area contributed by atoms with Crippen LogP contribution in [0.25, 0.3) is 0 Å². The van der Waals surface area contributed by atoms with Gasteiger partial charge in [0, 0.05) is 18.8 Å². The molecule has 0 atom stereocenters. The topological polar surface area (TPSA) is 58.6 Å². The Bertz CT molecular complexity index is 482. The summed E-state index contributed by atoms with van der Waals surface area (Å²) >= 11 is 0. The fourth-order valence-electron chi connectivity index (χ4n) is 2.22. The lowest BCUT2D eigenvalue weighted by Gasteiger charge is -2.30. The van der Waals surface area contributed by atoms with Gasteiger partial charge in [-0.1, -0.05) is 0 Å². The predicted molar refractivity (Wildman–Crippen MR) is 71.7 cm³/mol. The maximum atomic E-state index is 12.8. The second-order valence-corrected chi connectivity index (χ2v) is 4.72. The van der Waals surface area contributed by atoms with Crippen molar-refractivity contribution in [2.45, 2.75) is 12.8 Å². The molecule has 108 valence electrons. The molecule has 2 amide bonds. The van der Waals surface area contributed by atoms with Gasteiger partial charge in [0.1, 0.15) is 5.82 Å². The maximum absolute atomic E-state index is 12.8. The molecule has 1 saturated heterocycles. The van der Waals surface area contributed by atoms with Crippen molar-refractivity contribution in [3.8, 4) is 0 Å². The van der Waals surface area contributed by atoms with E-state index >= 15 is 0 Å². The monoisotopic (exact) mass is 280 g/mol. The average molecular weight is 280 g/mol. The van der Waals surface area contributed by atoms with Crippen molar-refractivity contribution in [3.63, 3.8) is 0 Å². The van der Waals surface area contributed by atoms with Crippen molar-refractivity contribution in [2.24, 2.45) is 5.92 Å². The van der Waals surface area contributed by atoms with E-state index < -0.39 is 0 Å². The van der Waals surface area contributed by atoms with Crippen LogP contribution in [0, 0.1) is 11.7 Å².